The summed E-state index contributed by atoms with van der Waals surface area (Å²) in [5.74, 6) is -0.114. The van der Waals surface area contributed by atoms with E-state index in [0.29, 0.717) is 12.1 Å². The van der Waals surface area contributed by atoms with Crippen LogP contribution in [0.3, 0.4) is 0 Å². The average molecular weight is 290 g/mol. The summed E-state index contributed by atoms with van der Waals surface area (Å²) in [5.41, 5.74) is 1.36. The molecule has 2 aromatic heterocycles. The smallest absolute Gasteiger partial charge is 0.253 e. The Kier molecular flexibility index (Phi) is 5.06. The maximum Gasteiger partial charge on any atom is 0.253 e. The lowest BCUT2D eigenvalue weighted by molar-refractivity contribution is 0.0951. The molecule has 2 aromatic rings. The largest absolute Gasteiger partial charge is 0.383 e. The third-order valence-electron chi connectivity index (χ3n) is 2.78. The van der Waals surface area contributed by atoms with Crippen LogP contribution in [0.4, 0.5) is 5.69 Å². The number of hydrogen-bond donors (Lipinski definition) is 2. The zero-order chi connectivity index (χ0) is 14.4. The highest BCUT2D eigenvalue weighted by Gasteiger charge is 2.11. The number of carbonyl (C=O) groups is 1. The van der Waals surface area contributed by atoms with Crippen LogP contribution in [0.5, 0.6) is 0 Å². The molecule has 0 atom stereocenters. The highest BCUT2D eigenvalue weighted by Crippen LogP contribution is 2.15. The lowest BCUT2D eigenvalue weighted by Gasteiger charge is -2.09. The second-order valence-electron chi connectivity index (χ2n) is 4.21. The second-order valence-corrected chi connectivity index (χ2v) is 5.41. The van der Waals surface area contributed by atoms with E-state index in [1.54, 1.807) is 29.8 Å². The topological polar surface area (TPSA) is 66.9 Å². The van der Waals surface area contributed by atoms with Gasteiger partial charge >= 0.3 is 0 Å². The fourth-order valence-corrected chi connectivity index (χ4v) is 2.57. The van der Waals surface area contributed by atoms with Gasteiger partial charge in [-0.15, -0.1) is 11.3 Å². The van der Waals surface area contributed by atoms with Crippen LogP contribution in [-0.4, -0.2) is 22.4 Å². The monoisotopic (exact) mass is 290 g/mol. The van der Waals surface area contributed by atoms with E-state index in [0.717, 1.165) is 23.7 Å². The number of nitrogens with zero attached hydrogens (tertiary/aromatic N) is 2. The van der Waals surface area contributed by atoms with Crippen LogP contribution in [0.2, 0.25) is 0 Å². The summed E-state index contributed by atoms with van der Waals surface area (Å²) in [4.78, 5) is 21.7. The maximum absolute atomic E-state index is 12.2. The number of aryl methyl sites for hydroxylation is 1. The van der Waals surface area contributed by atoms with Gasteiger partial charge in [-0.1, -0.05) is 6.92 Å². The second kappa shape index (κ2) is 7.00. The van der Waals surface area contributed by atoms with Gasteiger partial charge in [-0.3, -0.25) is 9.78 Å². The zero-order valence-corrected chi connectivity index (χ0v) is 12.5. The van der Waals surface area contributed by atoms with Gasteiger partial charge in [-0.2, -0.15) is 0 Å². The number of carbonyl (C=O) groups excluding carboxylic acids is 1. The molecule has 0 aromatic carbocycles. The Morgan fingerprint density at radius 3 is 2.90 bits per heavy atom. The quantitative estimate of drug-likeness (QED) is 0.857. The van der Waals surface area contributed by atoms with E-state index in [4.69, 9.17) is 0 Å². The molecule has 0 fully saturated rings. The minimum atomic E-state index is -0.114. The molecule has 0 spiro atoms. The van der Waals surface area contributed by atoms with Gasteiger partial charge in [0.25, 0.3) is 5.91 Å². The highest BCUT2D eigenvalue weighted by molar-refractivity contribution is 7.11. The Balaban J connectivity index is 2.01. The minimum absolute atomic E-state index is 0.114. The maximum atomic E-state index is 12.2. The first-order chi connectivity index (χ1) is 9.74. The van der Waals surface area contributed by atoms with Gasteiger partial charge < -0.3 is 10.6 Å². The molecule has 0 aliphatic heterocycles. The summed E-state index contributed by atoms with van der Waals surface area (Å²) in [6, 6.07) is 1.71. The average Bonchev–Trinajstić information content (AvgIpc) is 2.94. The van der Waals surface area contributed by atoms with E-state index in [2.05, 4.69) is 27.5 Å². The highest BCUT2D eigenvalue weighted by atomic mass is 32.1. The number of thiazole rings is 1. The van der Waals surface area contributed by atoms with Crippen LogP contribution in [0.1, 0.15) is 34.1 Å². The molecule has 20 heavy (non-hydrogen) atoms. The van der Waals surface area contributed by atoms with Crippen molar-refractivity contribution in [2.24, 2.45) is 0 Å². The van der Waals surface area contributed by atoms with Crippen molar-refractivity contribution in [2.75, 3.05) is 11.9 Å². The standard InChI is InChI=1S/C14H18N4OS/c1-3-10-7-17-13(20-10)9-18-14(19)11-5-6-15-8-12(11)16-4-2/h5-8,16H,3-4,9H2,1-2H3,(H,18,19). The molecule has 6 heteroatoms. The van der Waals surface area contributed by atoms with E-state index < -0.39 is 0 Å². The molecule has 0 unspecified atom stereocenters. The molecule has 0 saturated carbocycles. The van der Waals surface area contributed by atoms with Gasteiger partial charge in [0, 0.05) is 23.8 Å². The Bertz CT molecular complexity index is 582. The Morgan fingerprint density at radius 1 is 1.35 bits per heavy atom. The first-order valence-electron chi connectivity index (χ1n) is 6.64. The molecule has 5 nitrogen and oxygen atoms in total. The number of rotatable bonds is 6. The van der Waals surface area contributed by atoms with Crippen molar-refractivity contribution in [3.05, 3.63) is 40.1 Å². The van der Waals surface area contributed by atoms with Gasteiger partial charge in [0.1, 0.15) is 5.01 Å². The summed E-state index contributed by atoms with van der Waals surface area (Å²) in [5, 5.41) is 6.95. The number of pyridine rings is 1. The Labute approximate surface area is 122 Å². The van der Waals surface area contributed by atoms with Crippen LogP contribution in [0, 0.1) is 0 Å². The molecule has 0 bridgehead atoms. The minimum Gasteiger partial charge on any atom is -0.383 e. The van der Waals surface area contributed by atoms with E-state index in [1.165, 1.54) is 4.88 Å². The first-order valence-corrected chi connectivity index (χ1v) is 7.45. The summed E-state index contributed by atoms with van der Waals surface area (Å²) in [7, 11) is 0. The molecule has 0 radical (unpaired) electrons. The molecule has 2 rings (SSSR count). The van der Waals surface area contributed by atoms with Crippen molar-refractivity contribution in [3.63, 3.8) is 0 Å². The fourth-order valence-electron chi connectivity index (χ4n) is 1.77. The van der Waals surface area contributed by atoms with Crippen molar-refractivity contribution in [2.45, 2.75) is 26.8 Å². The molecule has 0 saturated heterocycles. The summed E-state index contributed by atoms with van der Waals surface area (Å²) in [6.45, 7) is 5.28. The first kappa shape index (κ1) is 14.5. The zero-order valence-electron chi connectivity index (χ0n) is 11.6. The Hall–Kier alpha value is -1.95. The van der Waals surface area contributed by atoms with Gasteiger partial charge in [0.15, 0.2) is 0 Å². The van der Waals surface area contributed by atoms with E-state index in [1.807, 2.05) is 13.1 Å². The summed E-state index contributed by atoms with van der Waals surface area (Å²) < 4.78 is 0. The van der Waals surface area contributed by atoms with Crippen LogP contribution < -0.4 is 10.6 Å². The van der Waals surface area contributed by atoms with E-state index in [9.17, 15) is 4.79 Å². The molecular weight excluding hydrogens is 272 g/mol. The number of hydrogen-bond acceptors (Lipinski definition) is 5. The van der Waals surface area contributed by atoms with E-state index >= 15 is 0 Å². The van der Waals surface area contributed by atoms with Crippen molar-refractivity contribution in [3.8, 4) is 0 Å². The third kappa shape index (κ3) is 3.54. The third-order valence-corrected chi connectivity index (χ3v) is 3.92. The van der Waals surface area contributed by atoms with Gasteiger partial charge in [-0.05, 0) is 19.4 Å². The fraction of sp³-hybridized carbons (Fsp3) is 0.357. The van der Waals surface area contributed by atoms with Crippen LogP contribution in [0.15, 0.2) is 24.7 Å². The normalized spacial score (nSPS) is 10.3. The molecular formula is C14H18N4OS. The molecule has 1 amide bonds. The Morgan fingerprint density at radius 2 is 2.20 bits per heavy atom. The number of nitrogens with one attached hydrogen (secondary N) is 2. The van der Waals surface area contributed by atoms with Crippen molar-refractivity contribution in [1.82, 2.24) is 15.3 Å². The summed E-state index contributed by atoms with van der Waals surface area (Å²) >= 11 is 1.63. The lowest BCUT2D eigenvalue weighted by Crippen LogP contribution is -2.24. The predicted molar refractivity (Wildman–Crippen MR) is 81.1 cm³/mol. The molecule has 2 N–H and O–H groups in total. The molecule has 0 aliphatic carbocycles. The van der Waals surface area contributed by atoms with E-state index in [-0.39, 0.29) is 5.91 Å². The van der Waals surface area contributed by atoms with Gasteiger partial charge in [-0.25, -0.2) is 4.98 Å². The number of anilines is 1. The number of aromatic nitrogens is 2. The summed E-state index contributed by atoms with van der Waals surface area (Å²) in [6.07, 6.45) is 6.12. The molecule has 2 heterocycles. The van der Waals surface area contributed by atoms with Crippen LogP contribution >= 0.6 is 11.3 Å². The van der Waals surface area contributed by atoms with Crippen LogP contribution in [-0.2, 0) is 13.0 Å². The SMILES string of the molecule is CCNc1cnccc1C(=O)NCc1ncc(CC)s1. The molecule has 0 aliphatic rings. The predicted octanol–water partition coefficient (Wildman–Crippen LogP) is 2.46. The molecule has 106 valence electrons. The lowest BCUT2D eigenvalue weighted by atomic mass is 10.2. The van der Waals surface area contributed by atoms with Crippen molar-refractivity contribution < 1.29 is 4.79 Å². The van der Waals surface area contributed by atoms with Crippen molar-refractivity contribution >= 4 is 22.9 Å². The van der Waals surface area contributed by atoms with Crippen molar-refractivity contribution in [1.29, 1.82) is 0 Å². The van der Waals surface area contributed by atoms with Gasteiger partial charge in [0.2, 0.25) is 0 Å². The number of amides is 1. The van der Waals surface area contributed by atoms with Crippen LogP contribution in [0.25, 0.3) is 0 Å². The van der Waals surface area contributed by atoms with Gasteiger partial charge in [0.05, 0.1) is 24.0 Å².